The highest BCUT2D eigenvalue weighted by molar-refractivity contribution is 5.97. The average Bonchev–Trinajstić information content (AvgIpc) is 2.80. The number of carbonyl (C=O) groups is 2. The fraction of sp³-hybridized carbons (Fsp3) is 0.542. The Labute approximate surface area is 194 Å². The van der Waals surface area contributed by atoms with Crippen molar-refractivity contribution in [1.29, 1.82) is 0 Å². The largest absolute Gasteiger partial charge is 0.503 e. The molecule has 1 saturated heterocycles. The Balaban J connectivity index is 2.18. The third-order valence-corrected chi connectivity index (χ3v) is 5.09. The average molecular weight is 463 g/mol. The second kappa shape index (κ2) is 12.4. The molecule has 0 aliphatic carbocycles. The molecule has 1 aliphatic heterocycles. The molecule has 1 aromatic heterocycles. The van der Waals surface area contributed by atoms with Gasteiger partial charge in [-0.1, -0.05) is 24.3 Å². The maximum atomic E-state index is 12.9. The van der Waals surface area contributed by atoms with Gasteiger partial charge in [0, 0.05) is 12.3 Å². The zero-order valence-electron chi connectivity index (χ0n) is 19.8. The van der Waals surface area contributed by atoms with Crippen LogP contribution in [0.1, 0.15) is 50.5 Å². The van der Waals surface area contributed by atoms with E-state index in [-0.39, 0.29) is 17.5 Å². The summed E-state index contributed by atoms with van der Waals surface area (Å²) >= 11 is 0. The van der Waals surface area contributed by atoms with Crippen LogP contribution in [0.4, 0.5) is 0 Å². The number of nitrogens with zero attached hydrogens (tertiary/aromatic N) is 1. The van der Waals surface area contributed by atoms with Crippen molar-refractivity contribution >= 4 is 11.9 Å². The molecule has 1 fully saturated rings. The number of cyclic esters (lactones) is 1. The molecule has 2 heterocycles. The number of ether oxygens (including phenoxy) is 4. The molecule has 1 aliphatic rings. The van der Waals surface area contributed by atoms with Gasteiger partial charge in [-0.05, 0) is 40.0 Å². The van der Waals surface area contributed by atoms with Crippen molar-refractivity contribution in [3.8, 4) is 11.5 Å². The van der Waals surface area contributed by atoms with Gasteiger partial charge in [-0.15, -0.1) is 0 Å². The van der Waals surface area contributed by atoms with Crippen molar-refractivity contribution < 1.29 is 33.6 Å². The molecule has 0 bridgehead atoms. The molecule has 33 heavy (non-hydrogen) atoms. The van der Waals surface area contributed by atoms with Gasteiger partial charge in [-0.2, -0.15) is 0 Å². The zero-order valence-corrected chi connectivity index (χ0v) is 19.8. The summed E-state index contributed by atoms with van der Waals surface area (Å²) in [5.74, 6) is -1.59. The van der Waals surface area contributed by atoms with E-state index in [0.717, 1.165) is 11.1 Å². The monoisotopic (exact) mass is 462 g/mol. The van der Waals surface area contributed by atoms with Crippen molar-refractivity contribution in [2.75, 3.05) is 20.3 Å². The first kappa shape index (κ1) is 26.3. The zero-order chi connectivity index (χ0) is 24.5. The Bertz CT molecular complexity index is 870. The molecule has 0 spiro atoms. The van der Waals surface area contributed by atoms with Crippen LogP contribution in [0.25, 0.3) is 0 Å². The number of aromatic hydroxyl groups is 1. The minimum atomic E-state index is -0.922. The molecule has 0 aromatic carbocycles. The predicted molar refractivity (Wildman–Crippen MR) is 122 cm³/mol. The van der Waals surface area contributed by atoms with Gasteiger partial charge in [0.1, 0.15) is 18.2 Å². The number of pyridine rings is 1. The molecule has 2 rings (SSSR count). The van der Waals surface area contributed by atoms with Crippen LogP contribution in [0.2, 0.25) is 0 Å². The number of esters is 1. The van der Waals surface area contributed by atoms with Crippen LogP contribution >= 0.6 is 0 Å². The lowest BCUT2D eigenvalue weighted by Crippen LogP contribution is -2.45. The quantitative estimate of drug-likeness (QED) is 0.425. The van der Waals surface area contributed by atoms with E-state index >= 15 is 0 Å². The van der Waals surface area contributed by atoms with E-state index in [2.05, 4.69) is 23.5 Å². The smallest absolute Gasteiger partial charge is 0.329 e. The van der Waals surface area contributed by atoms with E-state index in [1.807, 2.05) is 13.8 Å². The van der Waals surface area contributed by atoms with Gasteiger partial charge >= 0.3 is 5.97 Å². The minimum absolute atomic E-state index is 0.107. The van der Waals surface area contributed by atoms with E-state index in [9.17, 15) is 14.7 Å². The number of hydrogen-bond donors (Lipinski definition) is 2. The molecule has 4 atom stereocenters. The Morgan fingerprint density at radius 2 is 1.91 bits per heavy atom. The van der Waals surface area contributed by atoms with Crippen molar-refractivity contribution in [3.63, 3.8) is 0 Å². The molecule has 4 unspecified atom stereocenters. The lowest BCUT2D eigenvalue weighted by atomic mass is 10.0. The predicted octanol–water partition coefficient (Wildman–Crippen LogP) is 2.93. The van der Waals surface area contributed by atoms with Gasteiger partial charge in [0.25, 0.3) is 5.91 Å². The Kier molecular flexibility index (Phi) is 9.87. The first-order valence-electron chi connectivity index (χ1n) is 10.9. The molecule has 0 radical (unpaired) electrons. The van der Waals surface area contributed by atoms with Crippen LogP contribution in [0.3, 0.4) is 0 Å². The van der Waals surface area contributed by atoms with Gasteiger partial charge in [-0.3, -0.25) is 4.79 Å². The summed E-state index contributed by atoms with van der Waals surface area (Å²) < 4.78 is 22.7. The first-order valence-corrected chi connectivity index (χ1v) is 10.9. The fourth-order valence-electron chi connectivity index (χ4n) is 3.47. The lowest BCUT2D eigenvalue weighted by Gasteiger charge is -2.31. The molecular weight excluding hydrogens is 428 g/mol. The third-order valence-electron chi connectivity index (χ3n) is 5.09. The molecule has 1 aromatic rings. The molecular formula is C24H34N2O7. The molecule has 1 amide bonds. The van der Waals surface area contributed by atoms with Crippen molar-refractivity contribution in [2.45, 2.75) is 64.4 Å². The second-order valence-corrected chi connectivity index (χ2v) is 8.35. The summed E-state index contributed by atoms with van der Waals surface area (Å²) in [4.78, 5) is 29.5. The van der Waals surface area contributed by atoms with Crippen LogP contribution in [0.15, 0.2) is 36.6 Å². The lowest BCUT2D eigenvalue weighted by molar-refractivity contribution is -0.165. The van der Waals surface area contributed by atoms with Gasteiger partial charge < -0.3 is 29.4 Å². The number of amides is 1. The molecule has 0 saturated carbocycles. The van der Waals surface area contributed by atoms with Crippen molar-refractivity contribution in [2.24, 2.45) is 0 Å². The standard InChI is InChI=1S/C24H34N2O7/c1-14(2)12-31-19-9-7-8-17(24(29)33-16(5)22(19)32-13-15(3)4)26-23(28)20-21(27)18(30-6)10-11-25-20/h10-11,16-17,19,22,27H,1,3,7-9,12-13H2,2,4-6H3,(H,26,28). The number of aromatic nitrogens is 1. The number of nitrogens with one attached hydrogen (secondary N) is 1. The van der Waals surface area contributed by atoms with Crippen LogP contribution < -0.4 is 10.1 Å². The van der Waals surface area contributed by atoms with Crippen molar-refractivity contribution in [3.05, 3.63) is 42.3 Å². The van der Waals surface area contributed by atoms with Gasteiger partial charge in [0.15, 0.2) is 17.2 Å². The molecule has 9 nitrogen and oxygen atoms in total. The maximum Gasteiger partial charge on any atom is 0.329 e. The fourth-order valence-corrected chi connectivity index (χ4v) is 3.47. The van der Waals surface area contributed by atoms with E-state index < -0.39 is 35.9 Å². The molecule has 2 N–H and O–H groups in total. The highest BCUT2D eigenvalue weighted by atomic mass is 16.6. The summed E-state index contributed by atoms with van der Waals surface area (Å²) in [5, 5.41) is 12.8. The summed E-state index contributed by atoms with van der Waals surface area (Å²) in [6.45, 7) is 13.9. The highest BCUT2D eigenvalue weighted by Crippen LogP contribution is 2.28. The third kappa shape index (κ3) is 7.57. The maximum absolute atomic E-state index is 12.9. The Morgan fingerprint density at radius 1 is 1.24 bits per heavy atom. The Hall–Kier alpha value is -2.91. The molecule has 9 heteroatoms. The minimum Gasteiger partial charge on any atom is -0.503 e. The SMILES string of the molecule is C=C(C)COC1CCCC(NC(=O)c2nccc(OC)c2O)C(=O)OC(C)C1OCC(=C)C. The van der Waals surface area contributed by atoms with E-state index in [1.165, 1.54) is 19.4 Å². The van der Waals surface area contributed by atoms with Gasteiger partial charge in [0.05, 0.1) is 26.4 Å². The van der Waals surface area contributed by atoms with Crippen LogP contribution in [-0.4, -0.2) is 66.6 Å². The highest BCUT2D eigenvalue weighted by Gasteiger charge is 2.36. The molecule has 182 valence electrons. The van der Waals surface area contributed by atoms with E-state index in [4.69, 9.17) is 18.9 Å². The topological polar surface area (TPSA) is 116 Å². The number of carbonyl (C=O) groups excluding carboxylic acids is 2. The summed E-state index contributed by atoms with van der Waals surface area (Å²) in [6.07, 6.45) is 1.34. The summed E-state index contributed by atoms with van der Waals surface area (Å²) in [5.41, 5.74) is 1.47. The van der Waals surface area contributed by atoms with Gasteiger partial charge in [-0.25, -0.2) is 9.78 Å². The number of hydrogen-bond acceptors (Lipinski definition) is 8. The van der Waals surface area contributed by atoms with E-state index in [0.29, 0.717) is 32.5 Å². The second-order valence-electron chi connectivity index (χ2n) is 8.35. The van der Waals surface area contributed by atoms with Crippen LogP contribution in [-0.2, 0) is 19.0 Å². The van der Waals surface area contributed by atoms with Crippen molar-refractivity contribution in [1.82, 2.24) is 10.3 Å². The van der Waals surface area contributed by atoms with Gasteiger partial charge in [0.2, 0.25) is 0 Å². The summed E-state index contributed by atoms with van der Waals surface area (Å²) in [7, 11) is 1.37. The van der Waals surface area contributed by atoms with Crippen LogP contribution in [0.5, 0.6) is 11.5 Å². The summed E-state index contributed by atoms with van der Waals surface area (Å²) in [6, 6.07) is 0.507. The number of rotatable bonds is 9. The Morgan fingerprint density at radius 3 is 2.55 bits per heavy atom. The first-order chi connectivity index (χ1) is 15.6. The van der Waals surface area contributed by atoms with E-state index in [1.54, 1.807) is 6.92 Å². The normalized spacial score (nSPS) is 23.5. The number of methoxy groups -OCH3 is 1. The van der Waals surface area contributed by atoms with Crippen LogP contribution in [0, 0.1) is 0 Å².